The van der Waals surface area contributed by atoms with Crippen LogP contribution in [0.1, 0.15) is 31.9 Å². The Kier molecular flexibility index (Phi) is 6.06. The molecule has 0 aliphatic carbocycles. The fourth-order valence-electron chi connectivity index (χ4n) is 3.12. The van der Waals surface area contributed by atoms with Crippen LogP contribution in [0.2, 0.25) is 0 Å². The van der Waals surface area contributed by atoms with Crippen LogP contribution in [0, 0.1) is 0 Å². The number of ether oxygens (including phenoxy) is 1. The molecule has 6 heteroatoms. The van der Waals surface area contributed by atoms with Gasteiger partial charge in [0.05, 0.1) is 12.8 Å². The standard InChI is InChI=1S/C21H25N3O3/c1-3-4-5-17-14-22-19(15-6-8-18(27-2)9-7-15)20(23-17)24-12-10-16(11-13-24)21(25)26/h6-10,14H,3-5,11-13H2,1-2H3,(H,25,26). The first kappa shape index (κ1) is 18.9. The zero-order valence-corrected chi connectivity index (χ0v) is 15.8. The first-order chi connectivity index (χ1) is 13.1. The summed E-state index contributed by atoms with van der Waals surface area (Å²) in [5.41, 5.74) is 3.21. The second-order valence-electron chi connectivity index (χ2n) is 6.60. The number of methoxy groups -OCH3 is 1. The summed E-state index contributed by atoms with van der Waals surface area (Å²) in [5.74, 6) is 0.766. The highest BCUT2D eigenvalue weighted by Gasteiger charge is 2.21. The Bertz CT molecular complexity index is 831. The minimum atomic E-state index is -0.840. The molecule has 2 heterocycles. The van der Waals surface area contributed by atoms with Gasteiger partial charge in [-0.15, -0.1) is 0 Å². The van der Waals surface area contributed by atoms with Crippen molar-refractivity contribution in [3.63, 3.8) is 0 Å². The number of hydrogen-bond donors (Lipinski definition) is 1. The quantitative estimate of drug-likeness (QED) is 0.804. The number of aromatic nitrogens is 2. The second kappa shape index (κ2) is 8.66. The normalized spacial score (nSPS) is 14.0. The molecule has 2 aromatic rings. The van der Waals surface area contributed by atoms with Gasteiger partial charge < -0.3 is 14.7 Å². The molecule has 0 spiro atoms. The van der Waals surface area contributed by atoms with E-state index in [4.69, 9.17) is 14.7 Å². The number of aliphatic carboxylic acids is 1. The summed E-state index contributed by atoms with van der Waals surface area (Å²) in [4.78, 5) is 22.9. The van der Waals surface area contributed by atoms with Crippen LogP contribution in [0.4, 0.5) is 5.82 Å². The smallest absolute Gasteiger partial charge is 0.331 e. The van der Waals surface area contributed by atoms with Crippen LogP contribution in [0.15, 0.2) is 42.1 Å². The van der Waals surface area contributed by atoms with Gasteiger partial charge in [-0.3, -0.25) is 4.98 Å². The minimum Gasteiger partial charge on any atom is -0.497 e. The molecule has 0 fully saturated rings. The van der Waals surface area contributed by atoms with E-state index >= 15 is 0 Å². The Balaban J connectivity index is 1.96. The average molecular weight is 367 g/mol. The van der Waals surface area contributed by atoms with Crippen LogP contribution in [-0.2, 0) is 11.2 Å². The van der Waals surface area contributed by atoms with E-state index in [-0.39, 0.29) is 0 Å². The summed E-state index contributed by atoms with van der Waals surface area (Å²) in [5, 5.41) is 9.19. The van der Waals surface area contributed by atoms with Gasteiger partial charge in [-0.05, 0) is 43.5 Å². The number of hydrogen-bond acceptors (Lipinski definition) is 5. The maximum absolute atomic E-state index is 11.2. The molecule has 1 aromatic heterocycles. The predicted octanol–water partition coefficient (Wildman–Crippen LogP) is 3.72. The fourth-order valence-corrected chi connectivity index (χ4v) is 3.12. The topological polar surface area (TPSA) is 75.5 Å². The van der Waals surface area contributed by atoms with Gasteiger partial charge in [-0.1, -0.05) is 19.4 Å². The van der Waals surface area contributed by atoms with Gasteiger partial charge in [-0.2, -0.15) is 0 Å². The maximum Gasteiger partial charge on any atom is 0.331 e. The molecular weight excluding hydrogens is 342 g/mol. The molecule has 1 aromatic carbocycles. The van der Waals surface area contributed by atoms with E-state index in [0.717, 1.165) is 47.8 Å². The van der Waals surface area contributed by atoms with Gasteiger partial charge in [0.25, 0.3) is 0 Å². The Morgan fingerprint density at radius 1 is 1.30 bits per heavy atom. The summed E-state index contributed by atoms with van der Waals surface area (Å²) in [7, 11) is 1.64. The van der Waals surface area contributed by atoms with Crippen molar-refractivity contribution in [1.82, 2.24) is 9.97 Å². The number of rotatable bonds is 7. The van der Waals surface area contributed by atoms with Crippen molar-refractivity contribution in [1.29, 1.82) is 0 Å². The Morgan fingerprint density at radius 2 is 2.07 bits per heavy atom. The number of unbranched alkanes of at least 4 members (excludes halogenated alkanes) is 1. The number of carbonyl (C=O) groups is 1. The first-order valence-electron chi connectivity index (χ1n) is 9.30. The molecule has 1 N–H and O–H groups in total. The summed E-state index contributed by atoms with van der Waals surface area (Å²) >= 11 is 0. The molecular formula is C21H25N3O3. The molecule has 0 radical (unpaired) electrons. The molecule has 0 amide bonds. The number of anilines is 1. The van der Waals surface area contributed by atoms with Gasteiger partial charge in [0.1, 0.15) is 11.4 Å². The highest BCUT2D eigenvalue weighted by Crippen LogP contribution is 2.30. The Morgan fingerprint density at radius 3 is 2.67 bits per heavy atom. The van der Waals surface area contributed by atoms with E-state index in [1.807, 2.05) is 30.5 Å². The van der Waals surface area contributed by atoms with Gasteiger partial charge in [-0.25, -0.2) is 9.78 Å². The average Bonchev–Trinajstić information content (AvgIpc) is 2.72. The maximum atomic E-state index is 11.2. The van der Waals surface area contributed by atoms with Crippen LogP contribution in [0.5, 0.6) is 5.75 Å². The summed E-state index contributed by atoms with van der Waals surface area (Å²) in [6, 6.07) is 7.76. The summed E-state index contributed by atoms with van der Waals surface area (Å²) in [6.07, 6.45) is 7.18. The lowest BCUT2D eigenvalue weighted by Gasteiger charge is -2.28. The first-order valence-corrected chi connectivity index (χ1v) is 9.30. The van der Waals surface area contributed by atoms with Crippen molar-refractivity contribution in [2.24, 2.45) is 0 Å². The fraction of sp³-hybridized carbons (Fsp3) is 0.381. The number of benzene rings is 1. The van der Waals surface area contributed by atoms with Crippen molar-refractivity contribution in [2.75, 3.05) is 25.1 Å². The molecule has 0 saturated carbocycles. The number of carboxylic acid groups (broad SMARTS) is 1. The molecule has 0 atom stereocenters. The lowest BCUT2D eigenvalue weighted by Crippen LogP contribution is -2.31. The van der Waals surface area contributed by atoms with E-state index < -0.39 is 5.97 Å². The van der Waals surface area contributed by atoms with Gasteiger partial charge in [0.15, 0.2) is 5.82 Å². The van der Waals surface area contributed by atoms with Crippen molar-refractivity contribution in [3.05, 3.63) is 47.8 Å². The third-order valence-electron chi connectivity index (χ3n) is 4.74. The van der Waals surface area contributed by atoms with Crippen LogP contribution < -0.4 is 9.64 Å². The highest BCUT2D eigenvalue weighted by molar-refractivity contribution is 5.87. The number of aryl methyl sites for hydroxylation is 1. The van der Waals surface area contributed by atoms with E-state index in [1.165, 1.54) is 0 Å². The number of carboxylic acids is 1. The van der Waals surface area contributed by atoms with Crippen LogP contribution in [0.25, 0.3) is 11.3 Å². The van der Waals surface area contributed by atoms with Gasteiger partial charge in [0.2, 0.25) is 0 Å². The lowest BCUT2D eigenvalue weighted by atomic mass is 10.1. The molecule has 6 nitrogen and oxygen atoms in total. The SMILES string of the molecule is CCCCc1cnc(-c2ccc(OC)cc2)c(N2CC=C(C(=O)O)CC2)n1. The molecule has 142 valence electrons. The van der Waals surface area contributed by atoms with E-state index in [9.17, 15) is 9.90 Å². The molecule has 27 heavy (non-hydrogen) atoms. The Labute approximate surface area is 159 Å². The molecule has 3 rings (SSSR count). The summed E-state index contributed by atoms with van der Waals surface area (Å²) < 4.78 is 5.24. The van der Waals surface area contributed by atoms with Crippen LogP contribution >= 0.6 is 0 Å². The summed E-state index contributed by atoms with van der Waals surface area (Å²) in [6.45, 7) is 3.30. The van der Waals surface area contributed by atoms with Crippen LogP contribution in [-0.4, -0.2) is 41.2 Å². The van der Waals surface area contributed by atoms with Gasteiger partial charge in [0, 0.05) is 30.4 Å². The molecule has 0 unspecified atom stereocenters. The zero-order chi connectivity index (χ0) is 19.2. The highest BCUT2D eigenvalue weighted by atomic mass is 16.5. The molecule has 0 bridgehead atoms. The van der Waals surface area contributed by atoms with E-state index in [2.05, 4.69) is 11.8 Å². The minimum absolute atomic E-state index is 0.465. The lowest BCUT2D eigenvalue weighted by molar-refractivity contribution is -0.132. The molecule has 1 aliphatic rings. The van der Waals surface area contributed by atoms with Crippen LogP contribution in [0.3, 0.4) is 0 Å². The van der Waals surface area contributed by atoms with Crippen molar-refractivity contribution in [2.45, 2.75) is 32.6 Å². The van der Waals surface area contributed by atoms with Crippen molar-refractivity contribution in [3.8, 4) is 17.0 Å². The van der Waals surface area contributed by atoms with Gasteiger partial charge >= 0.3 is 5.97 Å². The van der Waals surface area contributed by atoms with Crippen molar-refractivity contribution >= 4 is 11.8 Å². The predicted molar refractivity (Wildman–Crippen MR) is 105 cm³/mol. The second-order valence-corrected chi connectivity index (χ2v) is 6.60. The van der Waals surface area contributed by atoms with E-state index in [0.29, 0.717) is 25.1 Å². The largest absolute Gasteiger partial charge is 0.497 e. The zero-order valence-electron chi connectivity index (χ0n) is 15.8. The third-order valence-corrected chi connectivity index (χ3v) is 4.74. The Hall–Kier alpha value is -2.89. The van der Waals surface area contributed by atoms with Crippen molar-refractivity contribution < 1.29 is 14.6 Å². The molecule has 1 aliphatic heterocycles. The monoisotopic (exact) mass is 367 g/mol. The molecule has 0 saturated heterocycles. The van der Waals surface area contributed by atoms with E-state index in [1.54, 1.807) is 13.2 Å². The number of nitrogens with zero attached hydrogens (tertiary/aromatic N) is 3. The third kappa shape index (κ3) is 4.45.